The Kier molecular flexibility index (Phi) is 8.94. The van der Waals surface area contributed by atoms with Crippen molar-refractivity contribution in [2.75, 3.05) is 0 Å². The molecular formula is C30H35N3O4S. The van der Waals surface area contributed by atoms with Crippen molar-refractivity contribution in [2.45, 2.75) is 72.3 Å². The Labute approximate surface area is 229 Å². The number of amidine groups is 1. The monoisotopic (exact) mass is 533 g/mol. The van der Waals surface area contributed by atoms with Crippen LogP contribution in [0.4, 0.5) is 0 Å². The van der Waals surface area contributed by atoms with Gasteiger partial charge in [-0.1, -0.05) is 61.2 Å². The van der Waals surface area contributed by atoms with Crippen molar-refractivity contribution in [2.24, 2.45) is 4.99 Å². The highest BCUT2D eigenvalue weighted by atomic mass is 32.2. The van der Waals surface area contributed by atoms with Crippen molar-refractivity contribution in [3.63, 3.8) is 0 Å². The molecule has 0 saturated carbocycles. The number of rotatable bonds is 10. The molecule has 2 aromatic carbocycles. The molecule has 0 aromatic heterocycles. The number of fused-ring (bicyclic) bond motifs is 1. The fourth-order valence-corrected chi connectivity index (χ4v) is 5.30. The van der Waals surface area contributed by atoms with Crippen molar-refractivity contribution < 1.29 is 19.1 Å². The molecule has 4 rings (SSSR count). The zero-order valence-electron chi connectivity index (χ0n) is 22.6. The first-order chi connectivity index (χ1) is 18.3. The van der Waals surface area contributed by atoms with Gasteiger partial charge in [0.15, 0.2) is 5.17 Å². The van der Waals surface area contributed by atoms with Crippen molar-refractivity contribution in [1.82, 2.24) is 10.2 Å². The van der Waals surface area contributed by atoms with E-state index in [4.69, 9.17) is 14.5 Å². The minimum absolute atomic E-state index is 0.0660. The Balaban J connectivity index is 1.68. The van der Waals surface area contributed by atoms with E-state index in [1.165, 1.54) is 11.8 Å². The van der Waals surface area contributed by atoms with E-state index in [0.29, 0.717) is 23.6 Å². The van der Waals surface area contributed by atoms with Gasteiger partial charge in [-0.05, 0) is 62.8 Å². The summed E-state index contributed by atoms with van der Waals surface area (Å²) >= 11 is 1.46. The third-order valence-electron chi connectivity index (χ3n) is 6.35. The van der Waals surface area contributed by atoms with Gasteiger partial charge in [-0.25, -0.2) is 9.79 Å². The topological polar surface area (TPSA) is 80.2 Å². The van der Waals surface area contributed by atoms with Crippen LogP contribution in [0.25, 0.3) is 0 Å². The van der Waals surface area contributed by atoms with E-state index < -0.39 is 12.0 Å². The van der Waals surface area contributed by atoms with Crippen molar-refractivity contribution in [1.29, 1.82) is 0 Å². The third-order valence-corrected chi connectivity index (χ3v) is 7.24. The van der Waals surface area contributed by atoms with Crippen LogP contribution in [0.1, 0.15) is 64.6 Å². The third kappa shape index (κ3) is 6.48. The lowest BCUT2D eigenvalue weighted by Gasteiger charge is -2.36. The van der Waals surface area contributed by atoms with Gasteiger partial charge in [0.05, 0.1) is 29.8 Å². The number of nitrogens with zero attached hydrogens (tertiary/aromatic N) is 2. The van der Waals surface area contributed by atoms with Gasteiger partial charge in [-0.3, -0.25) is 4.79 Å². The van der Waals surface area contributed by atoms with Crippen LogP contribution in [0, 0.1) is 0 Å². The molecule has 1 N–H and O–H groups in total. The highest BCUT2D eigenvalue weighted by Gasteiger charge is 2.41. The molecule has 0 fully saturated rings. The van der Waals surface area contributed by atoms with Gasteiger partial charge in [-0.15, -0.1) is 0 Å². The molecular weight excluding hydrogens is 498 g/mol. The lowest BCUT2D eigenvalue weighted by Crippen LogP contribution is -2.39. The average molecular weight is 534 g/mol. The fraction of sp³-hybridized carbons (Fsp3) is 0.367. The zero-order valence-corrected chi connectivity index (χ0v) is 23.4. The molecule has 200 valence electrons. The van der Waals surface area contributed by atoms with Crippen molar-refractivity contribution >= 4 is 28.8 Å². The second-order valence-electron chi connectivity index (χ2n) is 9.75. The lowest BCUT2D eigenvalue weighted by atomic mass is 9.93. The van der Waals surface area contributed by atoms with Crippen LogP contribution in [0.3, 0.4) is 0 Å². The first-order valence-electron chi connectivity index (χ1n) is 13.0. The predicted octanol–water partition coefficient (Wildman–Crippen LogP) is 6.10. The quantitative estimate of drug-likeness (QED) is 0.372. The number of aliphatic imine (C=N–C) groups is 1. The van der Waals surface area contributed by atoms with Crippen LogP contribution in [0.15, 0.2) is 82.0 Å². The molecule has 7 nitrogen and oxygen atoms in total. The standard InChI is InChI=1S/C30H35N3O4S/c1-6-20(4)31-26(34)16-24-18-38-30-32-21(5)27(29(35)37-19(2)3)28(33(24)30)23-13-10-14-25(15-23)36-17-22-11-8-7-9-12-22/h7-15,18-20,28H,6,16-17H2,1-5H3,(H,31,34)/t20-,28+/m0/s1. The number of carbonyl (C=O) groups excluding carboxylic acids is 2. The summed E-state index contributed by atoms with van der Waals surface area (Å²) in [6.07, 6.45) is 0.753. The summed E-state index contributed by atoms with van der Waals surface area (Å²) in [5.41, 5.74) is 3.77. The minimum Gasteiger partial charge on any atom is -0.489 e. The summed E-state index contributed by atoms with van der Waals surface area (Å²) in [6.45, 7) is 9.94. The number of amides is 1. The number of allylic oxidation sites excluding steroid dienone is 1. The van der Waals surface area contributed by atoms with Crippen LogP contribution in [0.5, 0.6) is 5.75 Å². The van der Waals surface area contributed by atoms with E-state index in [9.17, 15) is 9.59 Å². The maximum Gasteiger partial charge on any atom is 0.338 e. The summed E-state index contributed by atoms with van der Waals surface area (Å²) < 4.78 is 11.8. The summed E-state index contributed by atoms with van der Waals surface area (Å²) in [6, 6.07) is 17.3. The van der Waals surface area contributed by atoms with Gasteiger partial charge in [0.2, 0.25) is 5.91 Å². The van der Waals surface area contributed by atoms with E-state index in [2.05, 4.69) is 5.32 Å². The van der Waals surface area contributed by atoms with Gasteiger partial charge in [0, 0.05) is 11.7 Å². The van der Waals surface area contributed by atoms with Gasteiger partial charge in [0.1, 0.15) is 12.4 Å². The Morgan fingerprint density at radius 3 is 2.58 bits per heavy atom. The van der Waals surface area contributed by atoms with Crippen molar-refractivity contribution in [3.8, 4) is 5.75 Å². The highest BCUT2D eigenvalue weighted by Crippen LogP contribution is 2.45. The molecule has 2 aliphatic heterocycles. The number of benzene rings is 2. The zero-order chi connectivity index (χ0) is 27.2. The SMILES string of the molecule is CC[C@H](C)NC(=O)CC1=CSC2=NC(C)=C(C(=O)OC(C)C)[C@@H](c3cccc(OCc4ccccc4)c3)N12. The molecule has 1 amide bonds. The number of esters is 1. The molecule has 2 aliphatic rings. The molecule has 0 unspecified atom stereocenters. The number of nitrogens with one attached hydrogen (secondary N) is 1. The van der Waals surface area contributed by atoms with Crippen LogP contribution < -0.4 is 10.1 Å². The molecule has 2 heterocycles. The number of carbonyl (C=O) groups is 2. The first kappa shape index (κ1) is 27.5. The number of hydrogen-bond acceptors (Lipinski definition) is 7. The van der Waals surface area contributed by atoms with Crippen molar-refractivity contribution in [3.05, 3.63) is 88.1 Å². The molecule has 0 aliphatic carbocycles. The Bertz CT molecular complexity index is 1270. The van der Waals surface area contributed by atoms with E-state index in [1.807, 2.05) is 99.5 Å². The van der Waals surface area contributed by atoms with E-state index in [0.717, 1.165) is 28.4 Å². The second-order valence-corrected chi connectivity index (χ2v) is 10.6. The summed E-state index contributed by atoms with van der Waals surface area (Å²) in [5.74, 6) is 0.210. The van der Waals surface area contributed by atoms with Crippen LogP contribution >= 0.6 is 11.8 Å². The first-order valence-corrected chi connectivity index (χ1v) is 13.9. The lowest BCUT2D eigenvalue weighted by molar-refractivity contribution is -0.143. The summed E-state index contributed by atoms with van der Waals surface area (Å²) in [4.78, 5) is 32.9. The average Bonchev–Trinajstić information content (AvgIpc) is 3.28. The summed E-state index contributed by atoms with van der Waals surface area (Å²) in [5, 5.41) is 5.72. The van der Waals surface area contributed by atoms with Gasteiger partial charge < -0.3 is 19.7 Å². The molecule has 2 aromatic rings. The fourth-order valence-electron chi connectivity index (χ4n) is 4.33. The van der Waals surface area contributed by atoms with E-state index in [1.54, 1.807) is 0 Å². The summed E-state index contributed by atoms with van der Waals surface area (Å²) in [7, 11) is 0. The molecule has 0 radical (unpaired) electrons. The van der Waals surface area contributed by atoms with Crippen LogP contribution in [0.2, 0.25) is 0 Å². The maximum absolute atomic E-state index is 13.4. The van der Waals surface area contributed by atoms with E-state index in [-0.39, 0.29) is 24.5 Å². The second kappa shape index (κ2) is 12.3. The molecule has 0 saturated heterocycles. The van der Waals surface area contributed by atoms with Crippen LogP contribution in [-0.2, 0) is 20.9 Å². The molecule has 0 spiro atoms. The maximum atomic E-state index is 13.4. The van der Waals surface area contributed by atoms with E-state index >= 15 is 0 Å². The smallest absolute Gasteiger partial charge is 0.338 e. The Morgan fingerprint density at radius 1 is 1.11 bits per heavy atom. The number of thioether (sulfide) groups is 1. The molecule has 0 bridgehead atoms. The molecule has 8 heteroatoms. The van der Waals surface area contributed by atoms with Gasteiger partial charge >= 0.3 is 5.97 Å². The Hall–Kier alpha value is -3.52. The molecule has 2 atom stereocenters. The van der Waals surface area contributed by atoms with Crippen LogP contribution in [-0.4, -0.2) is 34.1 Å². The highest BCUT2D eigenvalue weighted by molar-refractivity contribution is 8.16. The van der Waals surface area contributed by atoms with Gasteiger partial charge in [-0.2, -0.15) is 0 Å². The number of ether oxygens (including phenoxy) is 2. The normalized spacial score (nSPS) is 17.5. The number of hydrogen-bond donors (Lipinski definition) is 1. The Morgan fingerprint density at radius 2 is 1.87 bits per heavy atom. The van der Waals surface area contributed by atoms with Gasteiger partial charge in [0.25, 0.3) is 0 Å². The molecule has 38 heavy (non-hydrogen) atoms. The minimum atomic E-state index is -0.508. The largest absolute Gasteiger partial charge is 0.489 e. The predicted molar refractivity (Wildman–Crippen MR) is 151 cm³/mol.